The molecular weight excluding hydrogens is 444 g/mol. The number of carbonyl (C=O) groups excluding carboxylic acids is 2. The number of amides is 2. The van der Waals surface area contributed by atoms with E-state index in [1.807, 2.05) is 11.8 Å². The first-order chi connectivity index (χ1) is 13.2. The van der Waals surface area contributed by atoms with Gasteiger partial charge in [-0.25, -0.2) is 0 Å². The van der Waals surface area contributed by atoms with E-state index in [4.69, 9.17) is 46.4 Å². The topological polar surface area (TPSA) is 61.4 Å². The molecule has 2 rings (SSSR count). The van der Waals surface area contributed by atoms with Gasteiger partial charge in [-0.3, -0.25) is 14.5 Å². The highest BCUT2D eigenvalue weighted by Gasteiger charge is 2.28. The number of nitrogens with one attached hydrogen (secondary N) is 2. The Morgan fingerprint density at radius 1 is 1.21 bits per heavy atom. The van der Waals surface area contributed by atoms with Gasteiger partial charge in [-0.2, -0.15) is 0 Å². The van der Waals surface area contributed by atoms with E-state index in [0.29, 0.717) is 6.54 Å². The van der Waals surface area contributed by atoms with E-state index in [1.165, 1.54) is 6.07 Å². The molecule has 0 saturated carbocycles. The molecule has 2 N–H and O–H groups in total. The summed E-state index contributed by atoms with van der Waals surface area (Å²) in [6.45, 7) is 5.52. The van der Waals surface area contributed by atoms with Crippen LogP contribution in [0, 0.1) is 5.92 Å². The molecule has 2 unspecified atom stereocenters. The van der Waals surface area contributed by atoms with Crippen molar-refractivity contribution in [3.05, 3.63) is 26.2 Å². The highest BCUT2D eigenvalue weighted by atomic mass is 35.5. The van der Waals surface area contributed by atoms with Crippen LogP contribution in [0.5, 0.6) is 0 Å². The molecule has 1 saturated heterocycles. The fourth-order valence-corrected chi connectivity index (χ4v) is 4.25. The third kappa shape index (κ3) is 6.39. The van der Waals surface area contributed by atoms with Crippen LogP contribution in [0.4, 0.5) is 5.69 Å². The summed E-state index contributed by atoms with van der Waals surface area (Å²) in [4.78, 5) is 26.9. The molecule has 0 aliphatic carbocycles. The molecule has 0 bridgehead atoms. The van der Waals surface area contributed by atoms with Crippen LogP contribution >= 0.6 is 46.4 Å². The second-order valence-electron chi connectivity index (χ2n) is 7.16. The van der Waals surface area contributed by atoms with Gasteiger partial charge in [0.15, 0.2) is 0 Å². The van der Waals surface area contributed by atoms with Crippen LogP contribution < -0.4 is 10.6 Å². The Balaban J connectivity index is 1.95. The summed E-state index contributed by atoms with van der Waals surface area (Å²) in [5, 5.41) is 6.46. The first-order valence-electron chi connectivity index (χ1n) is 9.38. The lowest BCUT2D eigenvalue weighted by Gasteiger charge is -2.32. The van der Waals surface area contributed by atoms with Crippen molar-refractivity contribution < 1.29 is 9.59 Å². The number of benzene rings is 1. The van der Waals surface area contributed by atoms with Crippen molar-refractivity contribution in [2.45, 2.75) is 45.6 Å². The van der Waals surface area contributed by atoms with Crippen LogP contribution in [0.15, 0.2) is 6.07 Å². The standard InChI is InChI=1S/C19H25Cl4N3O2/c1-3-5-11(2)24-19(28)12-6-4-7-26(9-12)10-15(27)25-18-16(22)13(20)8-14(21)17(18)23/h8,11-12H,3-7,9-10H2,1-2H3,(H,24,28)(H,25,27). The fraction of sp³-hybridized carbons (Fsp3) is 0.579. The Labute approximate surface area is 186 Å². The van der Waals surface area contributed by atoms with Gasteiger partial charge >= 0.3 is 0 Å². The molecule has 28 heavy (non-hydrogen) atoms. The quantitative estimate of drug-likeness (QED) is 0.536. The van der Waals surface area contributed by atoms with E-state index in [2.05, 4.69) is 17.6 Å². The predicted octanol–water partition coefficient (Wildman–Crippen LogP) is 5.26. The molecule has 2 atom stereocenters. The summed E-state index contributed by atoms with van der Waals surface area (Å²) in [5.74, 6) is -0.352. The van der Waals surface area contributed by atoms with Crippen molar-refractivity contribution >= 4 is 63.9 Å². The smallest absolute Gasteiger partial charge is 0.238 e. The van der Waals surface area contributed by atoms with Crippen LogP contribution in [0.25, 0.3) is 0 Å². The van der Waals surface area contributed by atoms with Gasteiger partial charge in [-0.15, -0.1) is 0 Å². The maximum atomic E-state index is 12.5. The summed E-state index contributed by atoms with van der Waals surface area (Å²) in [6.07, 6.45) is 3.66. The number of halogens is 4. The number of piperidine rings is 1. The van der Waals surface area contributed by atoms with E-state index in [0.717, 1.165) is 32.2 Å². The largest absolute Gasteiger partial charge is 0.353 e. The van der Waals surface area contributed by atoms with Gasteiger partial charge in [0, 0.05) is 12.6 Å². The first kappa shape index (κ1) is 23.6. The van der Waals surface area contributed by atoms with E-state index in [1.54, 1.807) is 0 Å². The fourth-order valence-electron chi connectivity index (χ4n) is 3.34. The Morgan fingerprint density at radius 3 is 2.46 bits per heavy atom. The molecule has 156 valence electrons. The molecule has 1 fully saturated rings. The predicted molar refractivity (Wildman–Crippen MR) is 117 cm³/mol. The minimum Gasteiger partial charge on any atom is -0.353 e. The van der Waals surface area contributed by atoms with Crippen LogP contribution in [-0.4, -0.2) is 42.4 Å². The van der Waals surface area contributed by atoms with E-state index in [-0.39, 0.29) is 56.1 Å². The molecule has 1 aliphatic heterocycles. The lowest BCUT2D eigenvalue weighted by Crippen LogP contribution is -2.47. The molecule has 0 radical (unpaired) electrons. The average molecular weight is 469 g/mol. The van der Waals surface area contributed by atoms with Gasteiger partial charge in [-0.1, -0.05) is 59.7 Å². The van der Waals surface area contributed by atoms with Gasteiger partial charge in [0.05, 0.1) is 38.2 Å². The maximum Gasteiger partial charge on any atom is 0.238 e. The zero-order valence-corrected chi connectivity index (χ0v) is 19.0. The normalized spacial score (nSPS) is 18.6. The molecule has 9 heteroatoms. The molecule has 1 aliphatic rings. The van der Waals surface area contributed by atoms with Crippen LogP contribution in [0.1, 0.15) is 39.5 Å². The van der Waals surface area contributed by atoms with Crippen molar-refractivity contribution in [1.29, 1.82) is 0 Å². The third-order valence-corrected chi connectivity index (χ3v) is 6.30. The summed E-state index contributed by atoms with van der Waals surface area (Å²) in [6, 6.07) is 1.59. The molecule has 2 amide bonds. The summed E-state index contributed by atoms with van der Waals surface area (Å²) >= 11 is 24.3. The summed E-state index contributed by atoms with van der Waals surface area (Å²) in [7, 11) is 0. The van der Waals surface area contributed by atoms with Gasteiger partial charge in [0.2, 0.25) is 11.8 Å². The lowest BCUT2D eigenvalue weighted by molar-refractivity contribution is -0.128. The zero-order valence-electron chi connectivity index (χ0n) is 16.0. The maximum absolute atomic E-state index is 12.5. The minimum atomic E-state index is -0.289. The van der Waals surface area contributed by atoms with Gasteiger partial charge in [0.25, 0.3) is 0 Å². The molecule has 5 nitrogen and oxygen atoms in total. The highest BCUT2D eigenvalue weighted by molar-refractivity contribution is 6.50. The number of nitrogens with zero attached hydrogens (tertiary/aromatic N) is 1. The number of carbonyl (C=O) groups is 2. The first-order valence-corrected chi connectivity index (χ1v) is 10.9. The number of anilines is 1. The summed E-state index contributed by atoms with van der Waals surface area (Å²) in [5.41, 5.74) is 0.200. The Kier molecular flexibility index (Phi) is 9.16. The van der Waals surface area contributed by atoms with Crippen molar-refractivity contribution in [3.8, 4) is 0 Å². The number of hydrogen-bond acceptors (Lipinski definition) is 3. The van der Waals surface area contributed by atoms with Crippen LogP contribution in [0.3, 0.4) is 0 Å². The molecule has 1 aromatic carbocycles. The van der Waals surface area contributed by atoms with Crippen molar-refractivity contribution in [2.75, 3.05) is 25.0 Å². The Hall–Kier alpha value is -0.720. The summed E-state index contributed by atoms with van der Waals surface area (Å²) < 4.78 is 0. The Morgan fingerprint density at radius 2 is 1.86 bits per heavy atom. The molecule has 1 aromatic rings. The molecule has 0 spiro atoms. The number of likely N-dealkylation sites (tertiary alicyclic amines) is 1. The second kappa shape index (κ2) is 10.9. The van der Waals surface area contributed by atoms with Crippen molar-refractivity contribution in [3.63, 3.8) is 0 Å². The van der Waals surface area contributed by atoms with Gasteiger partial charge in [0.1, 0.15) is 0 Å². The van der Waals surface area contributed by atoms with E-state index >= 15 is 0 Å². The van der Waals surface area contributed by atoms with Crippen LogP contribution in [0.2, 0.25) is 20.1 Å². The molecule has 1 heterocycles. The Bertz CT molecular complexity index is 703. The highest BCUT2D eigenvalue weighted by Crippen LogP contribution is 2.41. The number of hydrogen-bond donors (Lipinski definition) is 2. The molecular formula is C19H25Cl4N3O2. The number of rotatable bonds is 7. The molecule has 0 aromatic heterocycles. The lowest BCUT2D eigenvalue weighted by atomic mass is 9.96. The van der Waals surface area contributed by atoms with Gasteiger partial charge < -0.3 is 10.6 Å². The monoisotopic (exact) mass is 467 g/mol. The SMILES string of the molecule is CCCC(C)NC(=O)C1CCCN(CC(=O)Nc2c(Cl)c(Cl)cc(Cl)c2Cl)C1. The van der Waals surface area contributed by atoms with Crippen molar-refractivity contribution in [2.24, 2.45) is 5.92 Å². The average Bonchev–Trinajstić information content (AvgIpc) is 2.64. The third-order valence-electron chi connectivity index (χ3n) is 4.73. The van der Waals surface area contributed by atoms with Gasteiger partial charge in [-0.05, 0) is 38.8 Å². The van der Waals surface area contributed by atoms with Crippen LogP contribution in [-0.2, 0) is 9.59 Å². The zero-order chi connectivity index (χ0) is 20.8. The van der Waals surface area contributed by atoms with Crippen molar-refractivity contribution in [1.82, 2.24) is 10.2 Å². The second-order valence-corrected chi connectivity index (χ2v) is 8.73. The minimum absolute atomic E-state index is 0.0544. The van der Waals surface area contributed by atoms with E-state index in [9.17, 15) is 9.59 Å². The van der Waals surface area contributed by atoms with E-state index < -0.39 is 0 Å².